The largest absolute Gasteiger partial charge is 0.285 e. The predicted octanol–water partition coefficient (Wildman–Crippen LogP) is 4.99. The predicted molar refractivity (Wildman–Crippen MR) is 111 cm³/mol. The van der Waals surface area contributed by atoms with Gasteiger partial charge in [0.2, 0.25) is 0 Å². The van der Waals surface area contributed by atoms with Crippen molar-refractivity contribution >= 4 is 21.0 Å². The monoisotopic (exact) mass is 399 g/mol. The summed E-state index contributed by atoms with van der Waals surface area (Å²) in [4.78, 5) is 3.63. The Morgan fingerprint density at radius 1 is 0.741 bits per heavy atom. The molecule has 0 aliphatic rings. The average Bonchev–Trinajstić information content (AvgIpc) is 2.64. The standard InChI is InChI=1S/C22H22O3S2/c1-22(2,27(23,24)25)17-18-13-15-21(16-14-18)26(19-9-5-3-6-10-19)20-11-7-4-8-12-20/h3-16H,17H2,1-2H3/p+1. The lowest BCUT2D eigenvalue weighted by molar-refractivity contribution is 0.440. The summed E-state index contributed by atoms with van der Waals surface area (Å²) in [6.07, 6.45) is 0.260. The molecule has 0 unspecified atom stereocenters. The Labute approximate surface area is 164 Å². The minimum absolute atomic E-state index is 0.231. The molecule has 3 aromatic rings. The first-order chi connectivity index (χ1) is 12.8. The molecule has 0 radical (unpaired) electrons. The molecule has 3 nitrogen and oxygen atoms in total. The molecule has 0 amide bonds. The molecule has 0 bridgehead atoms. The first-order valence-corrected chi connectivity index (χ1v) is 11.3. The van der Waals surface area contributed by atoms with Gasteiger partial charge in [0.05, 0.1) is 15.6 Å². The van der Waals surface area contributed by atoms with Crippen LogP contribution in [0.5, 0.6) is 0 Å². The fraction of sp³-hybridized carbons (Fsp3) is 0.182. The van der Waals surface area contributed by atoms with Crippen molar-refractivity contribution in [2.24, 2.45) is 0 Å². The van der Waals surface area contributed by atoms with Gasteiger partial charge in [-0.25, -0.2) is 0 Å². The summed E-state index contributed by atoms with van der Waals surface area (Å²) in [6, 6.07) is 28.7. The molecule has 0 fully saturated rings. The molecule has 0 aromatic heterocycles. The van der Waals surface area contributed by atoms with Crippen molar-refractivity contribution in [3.05, 3.63) is 90.5 Å². The van der Waals surface area contributed by atoms with Crippen LogP contribution in [0, 0.1) is 0 Å². The number of hydrogen-bond donors (Lipinski definition) is 1. The zero-order chi connectivity index (χ0) is 19.5. The van der Waals surface area contributed by atoms with E-state index in [1.165, 1.54) is 28.5 Å². The third kappa shape index (κ3) is 4.61. The van der Waals surface area contributed by atoms with Crippen molar-refractivity contribution < 1.29 is 13.0 Å². The lowest BCUT2D eigenvalue weighted by atomic mass is 10.0. The second-order valence-corrected chi connectivity index (χ2v) is 11.1. The quantitative estimate of drug-likeness (QED) is 0.469. The minimum atomic E-state index is -4.11. The Balaban J connectivity index is 1.95. The minimum Gasteiger partial charge on any atom is -0.285 e. The molecule has 1 N–H and O–H groups in total. The van der Waals surface area contributed by atoms with E-state index in [1.807, 2.05) is 48.5 Å². The SMILES string of the molecule is CC(C)(Cc1ccc([S+](c2ccccc2)c2ccccc2)cc1)S(=O)(=O)O. The van der Waals surface area contributed by atoms with Gasteiger partial charge in [0.15, 0.2) is 14.7 Å². The zero-order valence-corrected chi connectivity index (χ0v) is 17.0. The highest BCUT2D eigenvalue weighted by Crippen LogP contribution is 2.31. The highest BCUT2D eigenvalue weighted by Gasteiger charge is 2.33. The second kappa shape index (κ2) is 7.89. The maximum Gasteiger partial charge on any atom is 0.270 e. The smallest absolute Gasteiger partial charge is 0.270 e. The van der Waals surface area contributed by atoms with Crippen molar-refractivity contribution in [2.75, 3.05) is 0 Å². The van der Waals surface area contributed by atoms with E-state index in [2.05, 4.69) is 36.4 Å². The van der Waals surface area contributed by atoms with Gasteiger partial charge in [-0.05, 0) is 62.2 Å². The van der Waals surface area contributed by atoms with Gasteiger partial charge in [-0.15, -0.1) is 0 Å². The normalized spacial score (nSPS) is 12.3. The van der Waals surface area contributed by atoms with Crippen LogP contribution in [0.4, 0.5) is 0 Å². The molecule has 27 heavy (non-hydrogen) atoms. The molecule has 0 heterocycles. The molecule has 140 valence electrons. The number of rotatable bonds is 6. The molecule has 0 aliphatic carbocycles. The van der Waals surface area contributed by atoms with Gasteiger partial charge in [-0.1, -0.05) is 48.5 Å². The molecule has 3 aromatic carbocycles. The van der Waals surface area contributed by atoms with Crippen molar-refractivity contribution in [3.63, 3.8) is 0 Å². The van der Waals surface area contributed by atoms with Gasteiger partial charge in [0.1, 0.15) is 0 Å². The van der Waals surface area contributed by atoms with E-state index in [4.69, 9.17) is 0 Å². The van der Waals surface area contributed by atoms with Crippen LogP contribution in [0.1, 0.15) is 19.4 Å². The van der Waals surface area contributed by atoms with Crippen molar-refractivity contribution in [1.82, 2.24) is 0 Å². The Hall–Kier alpha value is -2.08. The molecule has 0 saturated heterocycles. The summed E-state index contributed by atoms with van der Waals surface area (Å²) in [5, 5.41) is 0. The van der Waals surface area contributed by atoms with Crippen LogP contribution >= 0.6 is 0 Å². The topological polar surface area (TPSA) is 54.4 Å². The fourth-order valence-electron chi connectivity index (χ4n) is 2.85. The fourth-order valence-corrected chi connectivity index (χ4v) is 5.28. The first kappa shape index (κ1) is 19.7. The van der Waals surface area contributed by atoms with E-state index in [0.29, 0.717) is 0 Å². The van der Waals surface area contributed by atoms with E-state index in [-0.39, 0.29) is 17.3 Å². The highest BCUT2D eigenvalue weighted by molar-refractivity contribution is 7.97. The zero-order valence-electron chi connectivity index (χ0n) is 15.4. The molecule has 0 spiro atoms. The Kier molecular flexibility index (Phi) is 5.75. The Bertz CT molecular complexity index is 941. The van der Waals surface area contributed by atoms with Crippen LogP contribution in [0.3, 0.4) is 0 Å². The van der Waals surface area contributed by atoms with Gasteiger partial charge < -0.3 is 0 Å². The maximum absolute atomic E-state index is 11.6. The lowest BCUT2D eigenvalue weighted by Gasteiger charge is -2.20. The number of hydrogen-bond acceptors (Lipinski definition) is 2. The third-order valence-electron chi connectivity index (χ3n) is 4.45. The van der Waals surface area contributed by atoms with E-state index in [0.717, 1.165) is 5.56 Å². The molecule has 5 heteroatoms. The van der Waals surface area contributed by atoms with Crippen LogP contribution < -0.4 is 0 Å². The average molecular weight is 400 g/mol. The Morgan fingerprint density at radius 2 is 1.15 bits per heavy atom. The lowest BCUT2D eigenvalue weighted by Crippen LogP contribution is -2.33. The molecule has 3 rings (SSSR count). The highest BCUT2D eigenvalue weighted by atomic mass is 32.2. The van der Waals surface area contributed by atoms with E-state index in [9.17, 15) is 13.0 Å². The molecular weight excluding hydrogens is 376 g/mol. The summed E-state index contributed by atoms with van der Waals surface area (Å²) in [5.74, 6) is 0. The van der Waals surface area contributed by atoms with Gasteiger partial charge >= 0.3 is 0 Å². The summed E-state index contributed by atoms with van der Waals surface area (Å²) >= 11 is 0. The van der Waals surface area contributed by atoms with Gasteiger partial charge in [0.25, 0.3) is 10.1 Å². The second-order valence-electron chi connectivity index (χ2n) is 6.99. The molecule has 0 aliphatic heterocycles. The van der Waals surface area contributed by atoms with Crippen molar-refractivity contribution in [2.45, 2.75) is 39.7 Å². The molecular formula is C22H23O3S2+. The van der Waals surface area contributed by atoms with Crippen LogP contribution in [-0.4, -0.2) is 17.7 Å². The summed E-state index contributed by atoms with van der Waals surface area (Å²) in [6.45, 7) is 3.07. The summed E-state index contributed by atoms with van der Waals surface area (Å²) in [7, 11) is -4.34. The van der Waals surface area contributed by atoms with E-state index < -0.39 is 14.9 Å². The van der Waals surface area contributed by atoms with Crippen molar-refractivity contribution in [3.8, 4) is 0 Å². The molecule has 0 saturated carbocycles. The van der Waals surface area contributed by atoms with Gasteiger partial charge in [0, 0.05) is 0 Å². The Morgan fingerprint density at radius 3 is 1.56 bits per heavy atom. The van der Waals surface area contributed by atoms with Crippen LogP contribution in [-0.2, 0) is 27.4 Å². The van der Waals surface area contributed by atoms with Crippen molar-refractivity contribution in [1.29, 1.82) is 0 Å². The first-order valence-electron chi connectivity index (χ1n) is 8.68. The van der Waals surface area contributed by atoms with Crippen LogP contribution in [0.2, 0.25) is 0 Å². The van der Waals surface area contributed by atoms with E-state index >= 15 is 0 Å². The van der Waals surface area contributed by atoms with E-state index in [1.54, 1.807) is 0 Å². The summed E-state index contributed by atoms with van der Waals surface area (Å²) in [5.41, 5.74) is 0.881. The van der Waals surface area contributed by atoms with Gasteiger partial charge in [-0.2, -0.15) is 8.42 Å². The molecule has 0 atom stereocenters. The van der Waals surface area contributed by atoms with Crippen LogP contribution in [0.15, 0.2) is 99.6 Å². The maximum atomic E-state index is 11.6. The number of benzene rings is 3. The van der Waals surface area contributed by atoms with Gasteiger partial charge in [-0.3, -0.25) is 4.55 Å². The summed E-state index contributed by atoms with van der Waals surface area (Å²) < 4.78 is 31.3. The third-order valence-corrected chi connectivity index (χ3v) is 8.22. The van der Waals surface area contributed by atoms with Crippen LogP contribution in [0.25, 0.3) is 0 Å².